The zero-order chi connectivity index (χ0) is 23.9. The highest BCUT2D eigenvalue weighted by atomic mass is 15.5. The second kappa shape index (κ2) is 10.5. The highest BCUT2D eigenvalue weighted by molar-refractivity contribution is 5.67. The van der Waals surface area contributed by atoms with E-state index in [0.29, 0.717) is 29.3 Å². The van der Waals surface area contributed by atoms with Crippen molar-refractivity contribution in [1.29, 1.82) is 10.5 Å². The molecule has 0 aliphatic rings. The van der Waals surface area contributed by atoms with E-state index in [-0.39, 0.29) is 0 Å². The summed E-state index contributed by atoms with van der Waals surface area (Å²) in [7, 11) is 0. The van der Waals surface area contributed by atoms with Crippen molar-refractivity contribution in [1.82, 2.24) is 40.0 Å². The van der Waals surface area contributed by atoms with Crippen LogP contribution < -0.4 is 0 Å². The minimum atomic E-state index is 0.321. The van der Waals surface area contributed by atoms with E-state index in [1.165, 1.54) is 0 Å². The number of hydrogen-bond donors (Lipinski definition) is 1. The molecule has 172 valence electrons. The van der Waals surface area contributed by atoms with Crippen LogP contribution in [0.2, 0.25) is 0 Å². The van der Waals surface area contributed by atoms with Gasteiger partial charge in [0.2, 0.25) is 0 Å². The number of aromatic amines is 1. The molecule has 0 saturated carbocycles. The van der Waals surface area contributed by atoms with Crippen molar-refractivity contribution in [3.63, 3.8) is 0 Å². The summed E-state index contributed by atoms with van der Waals surface area (Å²) in [6.45, 7) is 4.97. The van der Waals surface area contributed by atoms with Gasteiger partial charge in [-0.2, -0.15) is 15.6 Å². The first kappa shape index (κ1) is 22.9. The van der Waals surface area contributed by atoms with Crippen LogP contribution in [0.4, 0.5) is 0 Å². The molecule has 3 heterocycles. The first-order chi connectivity index (χ1) is 16.7. The van der Waals surface area contributed by atoms with E-state index in [0.717, 1.165) is 61.4 Å². The minimum Gasteiger partial charge on any atom is -0.297 e. The standard InChI is InChI=1S/C24H26N10/c1-3-5-7-21-27-22(8-6-4-2)33(30-21)16-17-9-11-19(12-10-17)34-20(15-26)13-18(14-25)23(34)24-28-31-32-29-24/h9-13H,3-8,16H2,1-2H3,(H,28,29,31,32). The Morgan fingerprint density at radius 1 is 1.00 bits per heavy atom. The lowest BCUT2D eigenvalue weighted by atomic mass is 10.2. The Balaban J connectivity index is 1.65. The molecule has 0 aliphatic carbocycles. The van der Waals surface area contributed by atoms with Crippen LogP contribution in [-0.4, -0.2) is 40.0 Å². The minimum absolute atomic E-state index is 0.321. The van der Waals surface area contributed by atoms with Gasteiger partial charge in [-0.1, -0.05) is 38.8 Å². The number of tetrazole rings is 1. The van der Waals surface area contributed by atoms with E-state index < -0.39 is 0 Å². The summed E-state index contributed by atoms with van der Waals surface area (Å²) in [5.74, 6) is 2.25. The van der Waals surface area contributed by atoms with Gasteiger partial charge in [0.05, 0.1) is 12.1 Å². The Hall–Kier alpha value is -4.31. The quantitative estimate of drug-likeness (QED) is 0.385. The molecule has 1 N–H and O–H groups in total. The van der Waals surface area contributed by atoms with Crippen molar-refractivity contribution in [3.05, 3.63) is 58.8 Å². The van der Waals surface area contributed by atoms with Gasteiger partial charge in [0.1, 0.15) is 29.4 Å². The molecule has 10 heteroatoms. The third-order valence-corrected chi connectivity index (χ3v) is 5.63. The third kappa shape index (κ3) is 4.71. The lowest BCUT2D eigenvalue weighted by Gasteiger charge is -2.11. The number of unbranched alkanes of at least 4 members (excludes halogenated alkanes) is 2. The summed E-state index contributed by atoms with van der Waals surface area (Å²) in [6, 6.07) is 13.7. The molecule has 10 nitrogen and oxygen atoms in total. The Bertz CT molecular complexity index is 1310. The maximum absolute atomic E-state index is 9.66. The van der Waals surface area contributed by atoms with Crippen LogP contribution in [0, 0.1) is 22.7 Å². The molecule has 0 atom stereocenters. The number of nitrogens with one attached hydrogen (secondary N) is 1. The molecule has 0 unspecified atom stereocenters. The number of H-pyrrole nitrogens is 1. The molecule has 3 aromatic heterocycles. The monoisotopic (exact) mass is 454 g/mol. The summed E-state index contributed by atoms with van der Waals surface area (Å²) in [4.78, 5) is 4.78. The molecule has 0 bridgehead atoms. The predicted octanol–water partition coefficient (Wildman–Crippen LogP) is 3.73. The zero-order valence-electron chi connectivity index (χ0n) is 19.4. The number of rotatable bonds is 10. The van der Waals surface area contributed by atoms with Gasteiger partial charge < -0.3 is 0 Å². The molecule has 0 amide bonds. The van der Waals surface area contributed by atoms with Gasteiger partial charge in [-0.25, -0.2) is 14.8 Å². The van der Waals surface area contributed by atoms with E-state index in [4.69, 9.17) is 10.1 Å². The van der Waals surface area contributed by atoms with Crippen LogP contribution in [0.25, 0.3) is 17.2 Å². The fourth-order valence-electron chi connectivity index (χ4n) is 3.88. The van der Waals surface area contributed by atoms with Gasteiger partial charge in [-0.3, -0.25) is 4.57 Å². The molecule has 34 heavy (non-hydrogen) atoms. The van der Waals surface area contributed by atoms with Gasteiger partial charge in [0, 0.05) is 18.5 Å². The van der Waals surface area contributed by atoms with E-state index in [1.54, 1.807) is 10.6 Å². The average Bonchev–Trinajstić information content (AvgIpc) is 3.60. The molecule has 1 aromatic carbocycles. The van der Waals surface area contributed by atoms with Crippen LogP contribution in [-0.2, 0) is 19.4 Å². The second-order valence-electron chi connectivity index (χ2n) is 8.08. The highest BCUT2D eigenvalue weighted by Crippen LogP contribution is 2.28. The van der Waals surface area contributed by atoms with Gasteiger partial charge >= 0.3 is 0 Å². The van der Waals surface area contributed by atoms with Crippen molar-refractivity contribution in [3.8, 4) is 29.3 Å². The number of benzene rings is 1. The van der Waals surface area contributed by atoms with Crippen LogP contribution in [0.15, 0.2) is 30.3 Å². The Morgan fingerprint density at radius 2 is 1.76 bits per heavy atom. The van der Waals surface area contributed by atoms with Gasteiger partial charge in [-0.05, 0) is 47.0 Å². The smallest absolute Gasteiger partial charge is 0.197 e. The lowest BCUT2D eigenvalue weighted by molar-refractivity contribution is 0.612. The number of hydrogen-bond acceptors (Lipinski definition) is 7. The predicted molar refractivity (Wildman–Crippen MR) is 125 cm³/mol. The lowest BCUT2D eigenvalue weighted by Crippen LogP contribution is -2.08. The topological polar surface area (TPSA) is 138 Å². The first-order valence-electron chi connectivity index (χ1n) is 11.5. The van der Waals surface area contributed by atoms with Crippen LogP contribution in [0.5, 0.6) is 0 Å². The van der Waals surface area contributed by atoms with Crippen molar-refractivity contribution in [2.45, 2.75) is 58.9 Å². The van der Waals surface area contributed by atoms with Gasteiger partial charge in [0.15, 0.2) is 11.6 Å². The van der Waals surface area contributed by atoms with Gasteiger partial charge in [-0.15, -0.1) is 5.10 Å². The van der Waals surface area contributed by atoms with Crippen molar-refractivity contribution in [2.24, 2.45) is 0 Å². The molecule has 0 radical (unpaired) electrons. The van der Waals surface area contributed by atoms with Crippen LogP contribution in [0.3, 0.4) is 0 Å². The van der Waals surface area contributed by atoms with E-state index >= 15 is 0 Å². The number of nitrogens with zero attached hydrogens (tertiary/aromatic N) is 9. The molecule has 4 rings (SSSR count). The van der Waals surface area contributed by atoms with Crippen LogP contribution in [0.1, 0.15) is 68.0 Å². The van der Waals surface area contributed by atoms with Crippen molar-refractivity contribution >= 4 is 0 Å². The Kier molecular flexibility index (Phi) is 7.09. The summed E-state index contributed by atoms with van der Waals surface area (Å²) < 4.78 is 3.70. The summed E-state index contributed by atoms with van der Waals surface area (Å²) in [5, 5.41) is 37.9. The molecule has 0 fully saturated rings. The van der Waals surface area contributed by atoms with Crippen molar-refractivity contribution in [2.75, 3.05) is 0 Å². The summed E-state index contributed by atoms with van der Waals surface area (Å²) >= 11 is 0. The summed E-state index contributed by atoms with van der Waals surface area (Å²) in [5.41, 5.74) is 2.91. The third-order valence-electron chi connectivity index (χ3n) is 5.63. The molecule has 4 aromatic rings. The Morgan fingerprint density at radius 3 is 2.41 bits per heavy atom. The SMILES string of the molecule is CCCCc1nc(CCCC)n(Cc2ccc(-n3c(C#N)cc(C#N)c3-c3nnn[nH]3)cc2)n1. The first-order valence-corrected chi connectivity index (χ1v) is 11.5. The van der Waals surface area contributed by atoms with E-state index in [2.05, 4.69) is 46.6 Å². The normalized spacial score (nSPS) is 10.8. The van der Waals surface area contributed by atoms with Gasteiger partial charge in [0.25, 0.3) is 0 Å². The second-order valence-corrected chi connectivity index (χ2v) is 8.08. The number of aryl methyl sites for hydroxylation is 2. The number of aromatic nitrogens is 8. The largest absolute Gasteiger partial charge is 0.297 e. The Labute approximate surface area is 197 Å². The molecule has 0 saturated heterocycles. The average molecular weight is 455 g/mol. The molecule has 0 spiro atoms. The molecular formula is C24H26N10. The molecular weight excluding hydrogens is 428 g/mol. The van der Waals surface area contributed by atoms with E-state index in [1.807, 2.05) is 28.9 Å². The highest BCUT2D eigenvalue weighted by Gasteiger charge is 2.21. The number of nitriles is 2. The van der Waals surface area contributed by atoms with E-state index in [9.17, 15) is 10.5 Å². The zero-order valence-corrected chi connectivity index (χ0v) is 19.4. The fourth-order valence-corrected chi connectivity index (χ4v) is 3.88. The fraction of sp³-hybridized carbons (Fsp3) is 0.375. The van der Waals surface area contributed by atoms with Crippen molar-refractivity contribution < 1.29 is 0 Å². The van der Waals surface area contributed by atoms with Crippen LogP contribution >= 0.6 is 0 Å². The summed E-state index contributed by atoms with van der Waals surface area (Å²) in [6.07, 6.45) is 6.19. The maximum Gasteiger partial charge on any atom is 0.197 e. The molecule has 0 aliphatic heterocycles. The maximum atomic E-state index is 9.66.